The predicted molar refractivity (Wildman–Crippen MR) is 65.5 cm³/mol. The van der Waals surface area contributed by atoms with Gasteiger partial charge in [-0.05, 0) is 26.0 Å². The van der Waals surface area contributed by atoms with Gasteiger partial charge >= 0.3 is 5.97 Å². The number of carboxylic acids is 1. The average molecular weight is 251 g/mol. The number of hydrogen-bond acceptors (Lipinski definition) is 4. The molecule has 2 rings (SSSR count). The Balaban J connectivity index is 2.12. The number of hydrogen-bond donors (Lipinski definition) is 3. The maximum absolute atomic E-state index is 10.9. The monoisotopic (exact) mass is 251 g/mol. The van der Waals surface area contributed by atoms with Gasteiger partial charge in [0.2, 0.25) is 0 Å². The maximum Gasteiger partial charge on any atom is 0.307 e. The Morgan fingerprint density at radius 3 is 2.72 bits per heavy atom. The van der Waals surface area contributed by atoms with Crippen molar-refractivity contribution < 1.29 is 20.1 Å². The van der Waals surface area contributed by atoms with Gasteiger partial charge in [0.15, 0.2) is 0 Å². The molecule has 0 spiro atoms. The summed E-state index contributed by atoms with van der Waals surface area (Å²) < 4.78 is 0. The van der Waals surface area contributed by atoms with Gasteiger partial charge < -0.3 is 15.3 Å². The van der Waals surface area contributed by atoms with Gasteiger partial charge in [-0.2, -0.15) is 0 Å². The molecule has 1 aliphatic heterocycles. The summed E-state index contributed by atoms with van der Waals surface area (Å²) in [6.45, 7) is 3.13. The molecule has 0 saturated carbocycles. The normalized spacial score (nSPS) is 21.9. The molecule has 2 atom stereocenters. The largest absolute Gasteiger partial charge is 0.508 e. The Labute approximate surface area is 105 Å². The highest BCUT2D eigenvalue weighted by molar-refractivity contribution is 5.70. The van der Waals surface area contributed by atoms with Gasteiger partial charge in [-0.3, -0.25) is 9.69 Å². The van der Waals surface area contributed by atoms with Crippen LogP contribution in [0.15, 0.2) is 18.2 Å². The van der Waals surface area contributed by atoms with E-state index in [0.29, 0.717) is 25.1 Å². The van der Waals surface area contributed by atoms with Crippen LogP contribution in [0.4, 0.5) is 0 Å². The van der Waals surface area contributed by atoms with Crippen LogP contribution in [0, 0.1) is 5.92 Å². The Morgan fingerprint density at radius 2 is 2.17 bits per heavy atom. The molecule has 0 radical (unpaired) electrons. The molecule has 0 aliphatic carbocycles. The molecule has 1 saturated heterocycles. The third-order valence-corrected chi connectivity index (χ3v) is 3.58. The number of aliphatic carboxylic acids is 1. The summed E-state index contributed by atoms with van der Waals surface area (Å²) in [6, 6.07) is 4.44. The van der Waals surface area contributed by atoms with E-state index in [2.05, 4.69) is 0 Å². The van der Waals surface area contributed by atoms with Gasteiger partial charge in [0.05, 0.1) is 5.92 Å². The molecule has 2 unspecified atom stereocenters. The van der Waals surface area contributed by atoms with E-state index in [1.54, 1.807) is 6.07 Å². The highest BCUT2D eigenvalue weighted by Crippen LogP contribution is 2.33. The van der Waals surface area contributed by atoms with E-state index in [1.807, 2.05) is 11.8 Å². The summed E-state index contributed by atoms with van der Waals surface area (Å²) in [5.74, 6) is -1.03. The molecule has 1 heterocycles. The molecule has 0 aromatic heterocycles. The van der Waals surface area contributed by atoms with E-state index >= 15 is 0 Å². The second-order valence-corrected chi connectivity index (χ2v) is 4.74. The van der Waals surface area contributed by atoms with Crippen LogP contribution in [0.1, 0.15) is 24.9 Å². The summed E-state index contributed by atoms with van der Waals surface area (Å²) in [4.78, 5) is 12.9. The molecule has 1 aliphatic rings. The van der Waals surface area contributed by atoms with Gasteiger partial charge in [-0.15, -0.1) is 0 Å². The fourth-order valence-corrected chi connectivity index (χ4v) is 2.42. The molecule has 3 N–H and O–H groups in total. The minimum atomic E-state index is -0.764. The molecule has 1 fully saturated rings. The van der Waals surface area contributed by atoms with Gasteiger partial charge in [-0.1, -0.05) is 6.07 Å². The number of carbonyl (C=O) groups is 1. The number of rotatable bonds is 3. The molecule has 1 aromatic carbocycles. The van der Waals surface area contributed by atoms with E-state index in [-0.39, 0.29) is 23.5 Å². The zero-order valence-electron chi connectivity index (χ0n) is 10.2. The summed E-state index contributed by atoms with van der Waals surface area (Å²) in [6.07, 6.45) is 0.637. The van der Waals surface area contributed by atoms with E-state index in [1.165, 1.54) is 12.1 Å². The molecular weight excluding hydrogens is 234 g/mol. The Hall–Kier alpha value is -1.75. The quantitative estimate of drug-likeness (QED) is 0.759. The lowest BCUT2D eigenvalue weighted by atomic mass is 10.1. The van der Waals surface area contributed by atoms with E-state index in [9.17, 15) is 15.0 Å². The van der Waals surface area contributed by atoms with Crippen LogP contribution in [0.5, 0.6) is 11.5 Å². The lowest BCUT2D eigenvalue weighted by Crippen LogP contribution is -2.26. The van der Waals surface area contributed by atoms with Gasteiger partial charge in [0.25, 0.3) is 0 Å². The van der Waals surface area contributed by atoms with Crippen molar-refractivity contribution in [2.24, 2.45) is 5.92 Å². The molecule has 0 amide bonds. The smallest absolute Gasteiger partial charge is 0.307 e. The lowest BCUT2D eigenvalue weighted by Gasteiger charge is -2.25. The highest BCUT2D eigenvalue weighted by atomic mass is 16.4. The molecule has 5 nitrogen and oxygen atoms in total. The Bertz CT molecular complexity index is 460. The number of carboxylic acid groups (broad SMARTS) is 1. The first-order valence-corrected chi connectivity index (χ1v) is 5.97. The molecule has 98 valence electrons. The summed E-state index contributed by atoms with van der Waals surface area (Å²) >= 11 is 0. The third kappa shape index (κ3) is 2.41. The average Bonchev–Trinajstić information content (AvgIpc) is 2.77. The number of benzene rings is 1. The molecular formula is C13H17NO4. The first kappa shape index (κ1) is 12.7. The standard InChI is InChI=1S/C13H17NO4/c1-8(11-3-2-10(15)6-12(11)16)14-5-4-9(7-14)13(17)18/h2-3,6,8-9,15-16H,4-5,7H2,1H3,(H,17,18). The maximum atomic E-state index is 10.9. The molecule has 18 heavy (non-hydrogen) atoms. The topological polar surface area (TPSA) is 81.0 Å². The van der Waals surface area contributed by atoms with Crippen molar-refractivity contribution >= 4 is 5.97 Å². The van der Waals surface area contributed by atoms with Gasteiger partial charge in [-0.25, -0.2) is 0 Å². The van der Waals surface area contributed by atoms with Crippen LogP contribution in [0.2, 0.25) is 0 Å². The fourth-order valence-electron chi connectivity index (χ4n) is 2.42. The number of likely N-dealkylation sites (tertiary alicyclic amines) is 1. The van der Waals surface area contributed by atoms with Crippen molar-refractivity contribution in [3.63, 3.8) is 0 Å². The lowest BCUT2D eigenvalue weighted by molar-refractivity contribution is -0.141. The van der Waals surface area contributed by atoms with Crippen LogP contribution in [0.25, 0.3) is 0 Å². The first-order chi connectivity index (χ1) is 8.49. The minimum Gasteiger partial charge on any atom is -0.508 e. The van der Waals surface area contributed by atoms with Crippen LogP contribution in [0.3, 0.4) is 0 Å². The van der Waals surface area contributed by atoms with Crippen molar-refractivity contribution in [2.45, 2.75) is 19.4 Å². The number of phenols is 2. The predicted octanol–water partition coefficient (Wildman–Crippen LogP) is 1.57. The van der Waals surface area contributed by atoms with Crippen molar-refractivity contribution in [2.75, 3.05) is 13.1 Å². The van der Waals surface area contributed by atoms with Gasteiger partial charge in [0.1, 0.15) is 11.5 Å². The number of phenolic OH excluding ortho intramolecular Hbond substituents is 2. The Morgan fingerprint density at radius 1 is 1.44 bits per heavy atom. The summed E-state index contributed by atoms with van der Waals surface area (Å²) in [5.41, 5.74) is 0.707. The van der Waals surface area contributed by atoms with Crippen LogP contribution < -0.4 is 0 Å². The molecule has 5 heteroatoms. The SMILES string of the molecule is CC(c1ccc(O)cc1O)N1CCC(C(=O)O)C1. The highest BCUT2D eigenvalue weighted by Gasteiger charge is 2.31. The van der Waals surface area contributed by atoms with E-state index in [4.69, 9.17) is 5.11 Å². The van der Waals surface area contributed by atoms with Crippen molar-refractivity contribution in [1.29, 1.82) is 0 Å². The third-order valence-electron chi connectivity index (χ3n) is 3.58. The summed E-state index contributed by atoms with van der Waals surface area (Å²) in [5, 5.41) is 28.0. The van der Waals surface area contributed by atoms with E-state index in [0.717, 1.165) is 0 Å². The number of aromatic hydroxyl groups is 2. The van der Waals surface area contributed by atoms with Crippen molar-refractivity contribution in [1.82, 2.24) is 4.90 Å². The number of nitrogens with zero attached hydrogens (tertiary/aromatic N) is 1. The van der Waals surface area contributed by atoms with Crippen molar-refractivity contribution in [3.05, 3.63) is 23.8 Å². The summed E-state index contributed by atoms with van der Waals surface area (Å²) in [7, 11) is 0. The Kier molecular flexibility index (Phi) is 3.43. The van der Waals surface area contributed by atoms with Crippen molar-refractivity contribution in [3.8, 4) is 11.5 Å². The molecule has 0 bridgehead atoms. The minimum absolute atomic E-state index is 0.0216. The van der Waals surface area contributed by atoms with Crippen LogP contribution in [-0.2, 0) is 4.79 Å². The fraction of sp³-hybridized carbons (Fsp3) is 0.462. The van der Waals surface area contributed by atoms with Gasteiger partial charge in [0, 0.05) is 24.2 Å². The van der Waals surface area contributed by atoms with E-state index < -0.39 is 5.97 Å². The first-order valence-electron chi connectivity index (χ1n) is 5.97. The zero-order valence-corrected chi connectivity index (χ0v) is 10.2. The second-order valence-electron chi connectivity index (χ2n) is 4.74. The molecule has 1 aromatic rings. The second kappa shape index (κ2) is 4.86. The zero-order chi connectivity index (χ0) is 13.3. The van der Waals surface area contributed by atoms with Crippen LogP contribution in [-0.4, -0.2) is 39.3 Å². The van der Waals surface area contributed by atoms with Crippen LogP contribution >= 0.6 is 0 Å².